The van der Waals surface area contributed by atoms with Gasteiger partial charge in [-0.25, -0.2) is 0 Å². The second-order valence-corrected chi connectivity index (χ2v) is 5.22. The van der Waals surface area contributed by atoms with Crippen molar-refractivity contribution in [2.24, 2.45) is 5.92 Å². The second-order valence-electron chi connectivity index (χ2n) is 5.22. The summed E-state index contributed by atoms with van der Waals surface area (Å²) in [4.78, 5) is 4.21. The second kappa shape index (κ2) is 6.25. The van der Waals surface area contributed by atoms with Crippen molar-refractivity contribution in [3.05, 3.63) is 12.1 Å². The van der Waals surface area contributed by atoms with Crippen LogP contribution in [0.1, 0.15) is 12.8 Å². The Morgan fingerprint density at radius 1 is 1.25 bits per heavy atom. The number of nitrogens with zero attached hydrogens (tertiary/aromatic N) is 1. The normalized spacial score (nSPS) is 15.2. The van der Waals surface area contributed by atoms with Gasteiger partial charge >= 0.3 is 0 Å². The zero-order valence-electron chi connectivity index (χ0n) is 11.2. The fraction of sp³-hybridized carbons (Fsp3) is 0.615. The van der Waals surface area contributed by atoms with Crippen molar-refractivity contribution >= 4 is 11.5 Å². The molecule has 20 heavy (non-hydrogen) atoms. The molecule has 112 valence electrons. The van der Waals surface area contributed by atoms with Gasteiger partial charge in [0.25, 0.3) is 0 Å². The molecule has 0 spiro atoms. The van der Waals surface area contributed by atoms with Crippen LogP contribution in [0.15, 0.2) is 12.1 Å². The number of pyridine rings is 1. The summed E-state index contributed by atoms with van der Waals surface area (Å²) >= 11 is 0. The lowest BCUT2D eigenvalue weighted by molar-refractivity contribution is 0.0830. The van der Waals surface area contributed by atoms with E-state index in [4.69, 9.17) is 10.5 Å². The van der Waals surface area contributed by atoms with Gasteiger partial charge in [0.15, 0.2) is 0 Å². The van der Waals surface area contributed by atoms with Crippen LogP contribution < -0.4 is 15.8 Å². The van der Waals surface area contributed by atoms with E-state index in [1.807, 2.05) is 0 Å². The fourth-order valence-electron chi connectivity index (χ4n) is 1.66. The van der Waals surface area contributed by atoms with Crippen molar-refractivity contribution in [2.75, 3.05) is 37.5 Å². The van der Waals surface area contributed by atoms with E-state index >= 15 is 0 Å². The van der Waals surface area contributed by atoms with E-state index in [1.165, 1.54) is 12.8 Å². The van der Waals surface area contributed by atoms with Crippen LogP contribution >= 0.6 is 0 Å². The summed E-state index contributed by atoms with van der Waals surface area (Å²) in [6.45, 7) is -0.690. The van der Waals surface area contributed by atoms with Crippen molar-refractivity contribution in [3.8, 4) is 5.88 Å². The fourth-order valence-corrected chi connectivity index (χ4v) is 1.66. The summed E-state index contributed by atoms with van der Waals surface area (Å²) in [5, 5.41) is 30.7. The Morgan fingerprint density at radius 2 is 1.90 bits per heavy atom. The van der Waals surface area contributed by atoms with Gasteiger partial charge in [0, 0.05) is 0 Å². The number of hydrogen-bond donors (Lipinski definition) is 5. The monoisotopic (exact) mass is 283 g/mol. The summed E-state index contributed by atoms with van der Waals surface area (Å²) < 4.78 is 5.55. The SMILES string of the molecule is Nc1ccc(NC(CO)(CO)CO)nc1OCC1CC1. The Labute approximate surface area is 117 Å². The van der Waals surface area contributed by atoms with Crippen LogP contribution in [0.2, 0.25) is 0 Å². The Balaban J connectivity index is 2.08. The molecule has 0 bridgehead atoms. The summed E-state index contributed by atoms with van der Waals surface area (Å²) in [5.74, 6) is 1.28. The largest absolute Gasteiger partial charge is 0.476 e. The highest BCUT2D eigenvalue weighted by Gasteiger charge is 2.28. The lowest BCUT2D eigenvalue weighted by atomic mass is 10.0. The lowest BCUT2D eigenvalue weighted by Crippen LogP contribution is -2.49. The predicted molar refractivity (Wildman–Crippen MR) is 74.5 cm³/mol. The van der Waals surface area contributed by atoms with Crippen molar-refractivity contribution in [2.45, 2.75) is 18.4 Å². The van der Waals surface area contributed by atoms with E-state index in [2.05, 4.69) is 10.3 Å². The molecule has 0 aliphatic heterocycles. The first-order chi connectivity index (χ1) is 9.62. The number of nitrogens with one attached hydrogen (secondary N) is 1. The molecule has 1 saturated carbocycles. The van der Waals surface area contributed by atoms with Crippen molar-refractivity contribution in [1.29, 1.82) is 0 Å². The molecular formula is C13H21N3O4. The summed E-state index contributed by atoms with van der Waals surface area (Å²) in [6, 6.07) is 3.24. The minimum Gasteiger partial charge on any atom is -0.476 e. The Bertz CT molecular complexity index is 439. The molecule has 2 rings (SSSR count). The third-order valence-corrected chi connectivity index (χ3v) is 3.34. The average Bonchev–Trinajstić information content (AvgIpc) is 3.29. The molecule has 0 atom stereocenters. The number of aromatic nitrogens is 1. The topological polar surface area (TPSA) is 121 Å². The van der Waals surface area contributed by atoms with E-state index in [1.54, 1.807) is 12.1 Å². The highest BCUT2D eigenvalue weighted by atomic mass is 16.5. The van der Waals surface area contributed by atoms with E-state index in [-0.39, 0.29) is 0 Å². The molecule has 1 heterocycles. The molecule has 1 fully saturated rings. The third-order valence-electron chi connectivity index (χ3n) is 3.34. The molecule has 0 amide bonds. The van der Waals surface area contributed by atoms with E-state index < -0.39 is 25.4 Å². The average molecular weight is 283 g/mol. The van der Waals surface area contributed by atoms with Crippen molar-refractivity contribution in [1.82, 2.24) is 4.98 Å². The Morgan fingerprint density at radius 3 is 2.45 bits per heavy atom. The van der Waals surface area contributed by atoms with Gasteiger partial charge < -0.3 is 31.1 Å². The Kier molecular flexibility index (Phi) is 4.64. The van der Waals surface area contributed by atoms with Gasteiger partial charge in [-0.05, 0) is 30.9 Å². The smallest absolute Gasteiger partial charge is 0.239 e. The lowest BCUT2D eigenvalue weighted by Gasteiger charge is -2.29. The first-order valence-corrected chi connectivity index (χ1v) is 6.62. The molecular weight excluding hydrogens is 262 g/mol. The molecule has 6 N–H and O–H groups in total. The summed E-state index contributed by atoms with van der Waals surface area (Å²) in [5.41, 5.74) is 5.00. The van der Waals surface area contributed by atoms with Crippen molar-refractivity contribution in [3.63, 3.8) is 0 Å². The van der Waals surface area contributed by atoms with Crippen LogP contribution in [-0.4, -0.2) is 52.3 Å². The van der Waals surface area contributed by atoms with E-state index in [9.17, 15) is 15.3 Å². The summed E-state index contributed by atoms with van der Waals surface area (Å²) in [7, 11) is 0. The van der Waals surface area contributed by atoms with Crippen LogP contribution in [-0.2, 0) is 0 Å². The maximum atomic E-state index is 9.28. The van der Waals surface area contributed by atoms with Crippen LogP contribution in [0.4, 0.5) is 11.5 Å². The Hall–Kier alpha value is -1.57. The molecule has 1 aliphatic carbocycles. The predicted octanol–water partition coefficient (Wildman–Crippen LogP) is -0.420. The highest BCUT2D eigenvalue weighted by Crippen LogP contribution is 2.31. The quantitative estimate of drug-likeness (QED) is 0.439. The van der Waals surface area contributed by atoms with E-state index in [0.717, 1.165) is 0 Å². The molecule has 7 nitrogen and oxygen atoms in total. The van der Waals surface area contributed by atoms with Crippen LogP contribution in [0.25, 0.3) is 0 Å². The number of aliphatic hydroxyl groups excluding tert-OH is 3. The molecule has 0 aromatic carbocycles. The van der Waals surface area contributed by atoms with Crippen LogP contribution in [0.3, 0.4) is 0 Å². The van der Waals surface area contributed by atoms with Gasteiger partial charge in [-0.3, -0.25) is 0 Å². The van der Waals surface area contributed by atoms with E-state index in [0.29, 0.717) is 29.9 Å². The first-order valence-electron chi connectivity index (χ1n) is 6.62. The molecule has 1 aromatic heterocycles. The number of anilines is 2. The van der Waals surface area contributed by atoms with Crippen LogP contribution in [0.5, 0.6) is 5.88 Å². The molecule has 7 heteroatoms. The highest BCUT2D eigenvalue weighted by molar-refractivity contribution is 5.54. The van der Waals surface area contributed by atoms with Gasteiger partial charge in [-0.15, -0.1) is 0 Å². The standard InChI is InChI=1S/C13H21N3O4/c14-10-3-4-11(16-13(6-17,7-18)8-19)15-12(10)20-5-9-1-2-9/h3-4,9,17-19H,1-2,5-8,14H2,(H,15,16). The molecule has 0 radical (unpaired) electrons. The number of hydrogen-bond acceptors (Lipinski definition) is 7. The molecule has 1 aromatic rings. The van der Waals surface area contributed by atoms with Gasteiger partial charge in [0.05, 0.1) is 32.1 Å². The van der Waals surface area contributed by atoms with Gasteiger partial charge in [0.2, 0.25) is 5.88 Å². The number of rotatable bonds is 8. The van der Waals surface area contributed by atoms with Gasteiger partial charge in [-0.2, -0.15) is 4.98 Å². The third kappa shape index (κ3) is 3.50. The minimum absolute atomic E-state index is 0.324. The van der Waals surface area contributed by atoms with Crippen LogP contribution in [0, 0.1) is 5.92 Å². The molecule has 0 unspecified atom stereocenters. The molecule has 0 saturated heterocycles. The zero-order chi connectivity index (χ0) is 14.6. The molecule has 1 aliphatic rings. The maximum Gasteiger partial charge on any atom is 0.239 e. The minimum atomic E-state index is -1.23. The van der Waals surface area contributed by atoms with Gasteiger partial charge in [-0.1, -0.05) is 0 Å². The first kappa shape index (κ1) is 14.8. The number of ether oxygens (including phenoxy) is 1. The number of aliphatic hydroxyl groups is 3. The maximum absolute atomic E-state index is 9.28. The number of nitrogen functional groups attached to an aromatic ring is 1. The van der Waals surface area contributed by atoms with Crippen molar-refractivity contribution < 1.29 is 20.1 Å². The summed E-state index contributed by atoms with van der Waals surface area (Å²) in [6.07, 6.45) is 2.33. The number of nitrogens with two attached hydrogens (primary N) is 1. The van der Waals surface area contributed by atoms with Gasteiger partial charge in [0.1, 0.15) is 11.4 Å². The zero-order valence-corrected chi connectivity index (χ0v) is 11.2.